The van der Waals surface area contributed by atoms with Gasteiger partial charge in [-0.15, -0.1) is 0 Å². The summed E-state index contributed by atoms with van der Waals surface area (Å²) in [6.45, 7) is 13.0. The van der Waals surface area contributed by atoms with Gasteiger partial charge < -0.3 is 4.57 Å². The zero-order valence-corrected chi connectivity index (χ0v) is 27.4. The fourth-order valence-electron chi connectivity index (χ4n) is 7.39. The van der Waals surface area contributed by atoms with Crippen molar-refractivity contribution in [2.24, 2.45) is 0 Å². The number of nitrogens with zero attached hydrogens (tertiary/aromatic N) is 5. The molecule has 0 saturated heterocycles. The van der Waals surface area contributed by atoms with Crippen LogP contribution in [0.3, 0.4) is 0 Å². The van der Waals surface area contributed by atoms with Crippen molar-refractivity contribution < 1.29 is 0 Å². The highest BCUT2D eigenvalue weighted by Crippen LogP contribution is 2.40. The molecule has 2 heterocycles. The minimum Gasteiger partial charge on any atom is -0.308 e. The predicted molar refractivity (Wildman–Crippen MR) is 191 cm³/mol. The standard InChI is InChI=1S/C42H33N5/c1-24-13-26(3)41(27(4)14-24)31-7-10-35-36-11-8-32(42-28(5)15-25(2)16-29(42)6)19-39(36)47(38(35)18-31)37-12-9-30(17-33(37)20-43)34-22-45-40(21-44)46-23-34/h7-19,22-23H,1-6H3. The summed E-state index contributed by atoms with van der Waals surface area (Å²) in [6, 6.07) is 32.7. The Morgan fingerprint density at radius 1 is 0.511 bits per heavy atom. The quantitative estimate of drug-likeness (QED) is 0.199. The molecule has 226 valence electrons. The van der Waals surface area contributed by atoms with Gasteiger partial charge >= 0.3 is 0 Å². The van der Waals surface area contributed by atoms with Gasteiger partial charge in [-0.1, -0.05) is 65.7 Å². The van der Waals surface area contributed by atoms with Crippen molar-refractivity contribution in [2.45, 2.75) is 41.5 Å². The summed E-state index contributed by atoms with van der Waals surface area (Å²) in [4.78, 5) is 8.28. The molecule has 47 heavy (non-hydrogen) atoms. The van der Waals surface area contributed by atoms with Crippen molar-refractivity contribution in [2.75, 3.05) is 0 Å². The van der Waals surface area contributed by atoms with E-state index in [1.165, 1.54) is 44.5 Å². The fourth-order valence-corrected chi connectivity index (χ4v) is 7.39. The first-order valence-corrected chi connectivity index (χ1v) is 15.7. The maximum Gasteiger partial charge on any atom is 0.232 e. The van der Waals surface area contributed by atoms with E-state index in [1.54, 1.807) is 12.4 Å². The van der Waals surface area contributed by atoms with E-state index in [4.69, 9.17) is 5.26 Å². The van der Waals surface area contributed by atoms with Crippen LogP contribution in [0.5, 0.6) is 0 Å². The van der Waals surface area contributed by atoms with Crippen LogP contribution in [0.1, 0.15) is 44.8 Å². The van der Waals surface area contributed by atoms with Crippen LogP contribution < -0.4 is 0 Å². The zero-order valence-electron chi connectivity index (χ0n) is 27.4. The van der Waals surface area contributed by atoms with Gasteiger partial charge in [0.15, 0.2) is 0 Å². The number of rotatable bonds is 4. The van der Waals surface area contributed by atoms with Gasteiger partial charge in [0.25, 0.3) is 0 Å². The number of benzene rings is 5. The van der Waals surface area contributed by atoms with Crippen LogP contribution in [0.15, 0.2) is 91.3 Å². The summed E-state index contributed by atoms with van der Waals surface area (Å²) in [5.41, 5.74) is 17.2. The minimum atomic E-state index is 0.112. The van der Waals surface area contributed by atoms with Gasteiger partial charge in [-0.05, 0) is 116 Å². The monoisotopic (exact) mass is 607 g/mol. The van der Waals surface area contributed by atoms with E-state index in [2.05, 4.69) is 123 Å². The normalized spacial score (nSPS) is 11.1. The van der Waals surface area contributed by atoms with E-state index in [0.29, 0.717) is 5.56 Å². The van der Waals surface area contributed by atoms with E-state index in [9.17, 15) is 5.26 Å². The summed E-state index contributed by atoms with van der Waals surface area (Å²) < 4.78 is 2.24. The molecule has 7 aromatic rings. The summed E-state index contributed by atoms with van der Waals surface area (Å²) >= 11 is 0. The van der Waals surface area contributed by atoms with Crippen LogP contribution in [-0.2, 0) is 0 Å². The lowest BCUT2D eigenvalue weighted by atomic mass is 9.92. The maximum atomic E-state index is 10.5. The lowest BCUT2D eigenvalue weighted by molar-refractivity contribution is 1.11. The van der Waals surface area contributed by atoms with E-state index in [0.717, 1.165) is 49.7 Å². The first kappa shape index (κ1) is 29.7. The Bertz CT molecular complexity index is 2320. The van der Waals surface area contributed by atoms with Crippen molar-refractivity contribution in [3.05, 3.63) is 136 Å². The Morgan fingerprint density at radius 2 is 0.979 bits per heavy atom. The molecule has 5 heteroatoms. The van der Waals surface area contributed by atoms with Gasteiger partial charge in [0.05, 0.1) is 22.3 Å². The predicted octanol–water partition coefficient (Wildman–Crippen LogP) is 10.2. The van der Waals surface area contributed by atoms with Crippen LogP contribution in [0, 0.1) is 64.2 Å². The van der Waals surface area contributed by atoms with Gasteiger partial charge in [0.1, 0.15) is 12.1 Å². The van der Waals surface area contributed by atoms with Gasteiger partial charge in [-0.25, -0.2) is 9.97 Å². The van der Waals surface area contributed by atoms with Crippen molar-refractivity contribution in [1.29, 1.82) is 10.5 Å². The molecule has 0 unspecified atom stereocenters. The van der Waals surface area contributed by atoms with Crippen molar-refractivity contribution in [1.82, 2.24) is 14.5 Å². The van der Waals surface area contributed by atoms with Crippen LogP contribution in [0.4, 0.5) is 0 Å². The first-order chi connectivity index (χ1) is 22.7. The second-order valence-corrected chi connectivity index (χ2v) is 12.6. The number of hydrogen-bond donors (Lipinski definition) is 0. The molecule has 0 aliphatic rings. The molecule has 0 N–H and O–H groups in total. The summed E-state index contributed by atoms with van der Waals surface area (Å²) in [5.74, 6) is 0.112. The molecule has 0 spiro atoms. The van der Waals surface area contributed by atoms with Crippen molar-refractivity contribution in [3.8, 4) is 51.2 Å². The van der Waals surface area contributed by atoms with Crippen LogP contribution in [0.2, 0.25) is 0 Å². The lowest BCUT2D eigenvalue weighted by Gasteiger charge is -2.15. The van der Waals surface area contributed by atoms with Crippen LogP contribution in [0.25, 0.3) is 60.9 Å². The Labute approximate surface area is 275 Å². The van der Waals surface area contributed by atoms with E-state index < -0.39 is 0 Å². The molecule has 7 rings (SSSR count). The highest BCUT2D eigenvalue weighted by Gasteiger charge is 2.19. The Kier molecular flexibility index (Phi) is 7.19. The Balaban J connectivity index is 1.53. The van der Waals surface area contributed by atoms with E-state index in [1.807, 2.05) is 24.3 Å². The zero-order chi connectivity index (χ0) is 33.0. The Morgan fingerprint density at radius 3 is 1.43 bits per heavy atom. The van der Waals surface area contributed by atoms with Crippen molar-refractivity contribution >= 4 is 21.8 Å². The second-order valence-electron chi connectivity index (χ2n) is 12.6. The minimum absolute atomic E-state index is 0.112. The number of fused-ring (bicyclic) bond motifs is 3. The Hall–Kier alpha value is -6.04. The average Bonchev–Trinajstić information content (AvgIpc) is 3.36. The van der Waals surface area contributed by atoms with E-state index in [-0.39, 0.29) is 5.82 Å². The second kappa shape index (κ2) is 11.4. The van der Waals surface area contributed by atoms with Crippen LogP contribution in [-0.4, -0.2) is 14.5 Å². The lowest BCUT2D eigenvalue weighted by Crippen LogP contribution is -1.99. The highest BCUT2D eigenvalue weighted by molar-refractivity contribution is 6.11. The SMILES string of the molecule is Cc1cc(C)c(-c2ccc3c4ccc(-c5c(C)cc(C)cc5C)cc4n(-c4ccc(-c5cnc(C#N)nc5)cc4C#N)c3c2)c(C)c1. The third-order valence-corrected chi connectivity index (χ3v) is 9.14. The molecule has 0 amide bonds. The molecule has 0 radical (unpaired) electrons. The molecule has 2 aromatic heterocycles. The molecule has 5 aromatic carbocycles. The maximum absolute atomic E-state index is 10.5. The summed E-state index contributed by atoms with van der Waals surface area (Å²) in [5, 5.41) is 21.9. The van der Waals surface area contributed by atoms with Crippen molar-refractivity contribution in [3.63, 3.8) is 0 Å². The molecule has 0 fully saturated rings. The number of aryl methyl sites for hydroxylation is 6. The number of nitriles is 2. The largest absolute Gasteiger partial charge is 0.308 e. The van der Waals surface area contributed by atoms with E-state index >= 15 is 0 Å². The molecule has 0 bridgehead atoms. The van der Waals surface area contributed by atoms with Gasteiger partial charge in [-0.3, -0.25) is 0 Å². The third kappa shape index (κ3) is 5.03. The molecular formula is C42H33N5. The molecule has 0 aliphatic heterocycles. The third-order valence-electron chi connectivity index (χ3n) is 9.14. The van der Waals surface area contributed by atoms with Gasteiger partial charge in [0, 0.05) is 28.7 Å². The smallest absolute Gasteiger partial charge is 0.232 e. The van der Waals surface area contributed by atoms with Gasteiger partial charge in [-0.2, -0.15) is 10.5 Å². The van der Waals surface area contributed by atoms with Crippen LogP contribution >= 0.6 is 0 Å². The summed E-state index contributed by atoms with van der Waals surface area (Å²) in [6.07, 6.45) is 3.25. The molecule has 5 nitrogen and oxygen atoms in total. The molecule has 0 aliphatic carbocycles. The average molecular weight is 608 g/mol. The topological polar surface area (TPSA) is 78.3 Å². The molecule has 0 saturated carbocycles. The highest BCUT2D eigenvalue weighted by atomic mass is 15.0. The number of aromatic nitrogens is 3. The molecular weight excluding hydrogens is 574 g/mol. The van der Waals surface area contributed by atoms with Gasteiger partial charge in [0.2, 0.25) is 5.82 Å². The summed E-state index contributed by atoms with van der Waals surface area (Å²) in [7, 11) is 0. The number of hydrogen-bond acceptors (Lipinski definition) is 4. The fraction of sp³-hybridized carbons (Fsp3) is 0.143. The molecule has 0 atom stereocenters. The first-order valence-electron chi connectivity index (χ1n) is 15.7.